The van der Waals surface area contributed by atoms with Crippen molar-refractivity contribution in [3.8, 4) is 33.8 Å². The lowest BCUT2D eigenvalue weighted by atomic mass is 9.99. The van der Waals surface area contributed by atoms with Crippen LogP contribution in [-0.4, -0.2) is 107 Å². The zero-order valence-corrected chi connectivity index (χ0v) is 41.6. The van der Waals surface area contributed by atoms with Gasteiger partial charge in [0.2, 0.25) is 5.78 Å². The maximum atomic E-state index is 14.7. The van der Waals surface area contributed by atoms with Crippen LogP contribution in [-0.2, 0) is 30.7 Å². The van der Waals surface area contributed by atoms with Gasteiger partial charge in [-0.2, -0.15) is 15.3 Å². The van der Waals surface area contributed by atoms with E-state index in [1.165, 1.54) is 29.7 Å². The number of ketones is 2. The molecule has 1 amide bonds. The highest BCUT2D eigenvalue weighted by Crippen LogP contribution is 2.37. The third kappa shape index (κ3) is 11.7. The van der Waals surface area contributed by atoms with Crippen LogP contribution in [0, 0.1) is 5.82 Å². The van der Waals surface area contributed by atoms with Gasteiger partial charge in [-0.15, -0.1) is 0 Å². The zero-order chi connectivity index (χ0) is 51.3. The maximum absolute atomic E-state index is 14.7. The molecule has 0 bridgehead atoms. The number of carbonyl (C=O) groups excluding carboxylic acids is 3. The first-order valence-corrected chi connectivity index (χ1v) is 24.2. The fourth-order valence-electron chi connectivity index (χ4n) is 8.90. The summed E-state index contributed by atoms with van der Waals surface area (Å²) < 4.78 is 32.0. The molecular formula is C55H50BrFN8O8. The van der Waals surface area contributed by atoms with Crippen LogP contribution in [0.5, 0.6) is 11.5 Å². The molecule has 18 heteroatoms. The monoisotopic (exact) mass is 1050 g/mol. The van der Waals surface area contributed by atoms with Gasteiger partial charge >= 0.3 is 5.97 Å². The van der Waals surface area contributed by atoms with Crippen LogP contribution < -0.4 is 14.8 Å². The topological polar surface area (TPSA) is 196 Å². The van der Waals surface area contributed by atoms with Crippen molar-refractivity contribution < 1.29 is 43.3 Å². The number of fused-ring (bicyclic) bond motifs is 4. The van der Waals surface area contributed by atoms with Gasteiger partial charge in [0, 0.05) is 78.0 Å². The number of aromatic nitrogens is 6. The lowest BCUT2D eigenvalue weighted by molar-refractivity contribution is -0.131. The Kier molecular flexibility index (Phi) is 14.9. The number of ether oxygens (including phenoxy) is 2. The third-order valence-corrected chi connectivity index (χ3v) is 13.0. The van der Waals surface area contributed by atoms with Crippen molar-refractivity contribution in [2.24, 2.45) is 21.1 Å². The summed E-state index contributed by atoms with van der Waals surface area (Å²) >= 11 is 3.40. The highest BCUT2D eigenvalue weighted by atomic mass is 79.9. The van der Waals surface area contributed by atoms with Crippen molar-refractivity contribution in [3.63, 3.8) is 0 Å². The van der Waals surface area contributed by atoms with Crippen molar-refractivity contribution in [3.05, 3.63) is 161 Å². The van der Waals surface area contributed by atoms with Gasteiger partial charge < -0.3 is 29.9 Å². The number of nitrogens with zero attached hydrogens (tertiary/aromatic N) is 7. The van der Waals surface area contributed by atoms with Crippen LogP contribution in [0.4, 0.5) is 4.39 Å². The van der Waals surface area contributed by atoms with Gasteiger partial charge in [-0.3, -0.25) is 28.4 Å². The number of nitrogens with one attached hydrogen (secondary N) is 1. The number of aryl methyl sites for hydroxylation is 3. The van der Waals surface area contributed by atoms with Crippen LogP contribution in [0.3, 0.4) is 0 Å². The van der Waals surface area contributed by atoms with Gasteiger partial charge in [-0.25, -0.2) is 9.18 Å². The number of aliphatic hydroxyl groups is 1. The SMILES string of the molecule is Cn1cc2cc(-c3ccc(C(=O)C(=O)N[C@H](CN4CCCC4)[C@H](O)c4cc(F)c5c(c4)OCCO5)cc3)ccc2n1.Cn1cc2cc(-c3ccc(C(=O)C(=O)O)cc3)ccc2n1.Cn1cc2cc(Br)ccc2n1. The normalized spacial score (nSPS) is 13.9. The first-order chi connectivity index (χ1) is 35.1. The molecule has 1 saturated heterocycles. The number of Topliss-reactive ketones (excluding diaryl/α,β-unsaturated/α-hetero) is 2. The Morgan fingerprint density at radius 2 is 1.12 bits per heavy atom. The number of halogens is 2. The molecule has 9 aromatic rings. The van der Waals surface area contributed by atoms with E-state index < -0.39 is 41.4 Å². The van der Waals surface area contributed by atoms with E-state index >= 15 is 0 Å². The smallest absolute Gasteiger partial charge is 0.377 e. The second kappa shape index (κ2) is 21.7. The zero-order valence-electron chi connectivity index (χ0n) is 40.0. The van der Waals surface area contributed by atoms with Gasteiger partial charge in [0.05, 0.1) is 22.6 Å². The highest BCUT2D eigenvalue weighted by molar-refractivity contribution is 9.10. The van der Waals surface area contributed by atoms with E-state index in [1.807, 2.05) is 92.9 Å². The minimum absolute atomic E-state index is 0.00584. The molecule has 1 fully saturated rings. The largest absolute Gasteiger partial charge is 0.486 e. The van der Waals surface area contributed by atoms with Gasteiger partial charge in [0.15, 0.2) is 17.3 Å². The summed E-state index contributed by atoms with van der Waals surface area (Å²) in [5, 5.41) is 38.8. The molecule has 0 saturated carbocycles. The summed E-state index contributed by atoms with van der Waals surface area (Å²) in [6.07, 6.45) is 6.61. The molecule has 372 valence electrons. The quantitative estimate of drug-likeness (QED) is 0.0827. The molecule has 0 unspecified atom stereocenters. The lowest BCUT2D eigenvalue weighted by Gasteiger charge is -2.29. The molecule has 0 aliphatic carbocycles. The van der Waals surface area contributed by atoms with Crippen molar-refractivity contribution in [2.45, 2.75) is 25.0 Å². The minimum atomic E-state index is -1.44. The van der Waals surface area contributed by atoms with Crippen LogP contribution in [0.15, 0.2) is 138 Å². The maximum Gasteiger partial charge on any atom is 0.377 e. The van der Waals surface area contributed by atoms with Crippen LogP contribution in [0.2, 0.25) is 0 Å². The number of carboxylic acids is 1. The molecule has 0 radical (unpaired) electrons. The lowest BCUT2D eigenvalue weighted by Crippen LogP contribution is -2.48. The van der Waals surface area contributed by atoms with E-state index in [1.54, 1.807) is 45.8 Å². The average molecular weight is 1050 g/mol. The van der Waals surface area contributed by atoms with Crippen LogP contribution in [0.1, 0.15) is 45.2 Å². The molecule has 3 aromatic heterocycles. The molecule has 5 heterocycles. The van der Waals surface area contributed by atoms with Crippen LogP contribution >= 0.6 is 15.9 Å². The molecule has 2 aliphatic rings. The van der Waals surface area contributed by atoms with Crippen molar-refractivity contribution in [1.29, 1.82) is 0 Å². The summed E-state index contributed by atoms with van der Waals surface area (Å²) in [6, 6.07) is 33.1. The number of hydrogen-bond donors (Lipinski definition) is 3. The second-order valence-electron chi connectivity index (χ2n) is 17.8. The Morgan fingerprint density at radius 1 is 0.644 bits per heavy atom. The number of carboxylic acid groups (broad SMARTS) is 1. The van der Waals surface area contributed by atoms with E-state index in [0.29, 0.717) is 6.54 Å². The van der Waals surface area contributed by atoms with E-state index in [9.17, 15) is 28.7 Å². The Bertz CT molecular complexity index is 3510. The number of rotatable bonds is 11. The summed E-state index contributed by atoms with van der Waals surface area (Å²) in [5.74, 6) is -4.34. The van der Waals surface area contributed by atoms with Crippen molar-refractivity contribution in [2.75, 3.05) is 32.8 Å². The summed E-state index contributed by atoms with van der Waals surface area (Å²) in [6.45, 7) is 2.45. The molecule has 3 N–H and O–H groups in total. The Balaban J connectivity index is 0.000000168. The predicted molar refractivity (Wildman–Crippen MR) is 277 cm³/mol. The van der Waals surface area contributed by atoms with Gasteiger partial charge in [-0.1, -0.05) is 76.6 Å². The molecular weight excluding hydrogens is 1000 g/mol. The predicted octanol–water partition coefficient (Wildman–Crippen LogP) is 8.49. The molecule has 2 atom stereocenters. The highest BCUT2D eigenvalue weighted by Gasteiger charge is 2.31. The Labute approximate surface area is 426 Å². The molecule has 11 rings (SSSR count). The van der Waals surface area contributed by atoms with E-state index in [0.717, 1.165) is 80.0 Å². The second-order valence-corrected chi connectivity index (χ2v) is 18.8. The van der Waals surface area contributed by atoms with Crippen LogP contribution in [0.25, 0.3) is 55.0 Å². The first kappa shape index (κ1) is 49.9. The van der Waals surface area contributed by atoms with Crippen molar-refractivity contribution in [1.82, 2.24) is 39.6 Å². The standard InChI is InChI=1S/C31H31FN4O5.C16H12N2O3.C8H7BrN2/c1-35-17-23-14-21(8-9-25(23)34-35)19-4-6-20(7-5-19)29(38)31(39)33-26(18-36-10-2-3-11-36)28(37)22-15-24(32)30-27(16-22)40-12-13-41-30;1-18-9-13-8-12(6-7-14(13)17-18)10-2-4-11(5-3-10)15(19)16(20)21;1-11-5-6-4-7(9)2-3-8(6)10-11/h4-9,14-17,26,28,37H,2-3,10-13,18H2,1H3,(H,33,39);2-9H,1H3,(H,20,21);2-5H,1H3/t26-,28-;;/m1../s1. The molecule has 6 aromatic carbocycles. The number of carbonyl (C=O) groups is 4. The van der Waals surface area contributed by atoms with Gasteiger partial charge in [0.1, 0.15) is 19.3 Å². The molecule has 0 spiro atoms. The number of aliphatic carboxylic acids is 1. The molecule has 2 aliphatic heterocycles. The first-order valence-electron chi connectivity index (χ1n) is 23.4. The van der Waals surface area contributed by atoms with E-state index in [2.05, 4.69) is 47.5 Å². The minimum Gasteiger partial charge on any atom is -0.486 e. The van der Waals surface area contributed by atoms with E-state index in [4.69, 9.17) is 14.6 Å². The van der Waals surface area contributed by atoms with Gasteiger partial charge in [-0.05, 0) is 108 Å². The van der Waals surface area contributed by atoms with E-state index in [-0.39, 0.29) is 41.4 Å². The number of hydrogen-bond acceptors (Lipinski definition) is 11. The fourth-order valence-corrected chi connectivity index (χ4v) is 9.27. The fraction of sp³-hybridized carbons (Fsp3) is 0.218. The number of likely N-dealkylation sites (tertiary alicyclic amines) is 1. The summed E-state index contributed by atoms with van der Waals surface area (Å²) in [7, 11) is 5.66. The molecule has 73 heavy (non-hydrogen) atoms. The Morgan fingerprint density at radius 3 is 1.66 bits per heavy atom. The number of amides is 1. The van der Waals surface area contributed by atoms with Gasteiger partial charge in [0.25, 0.3) is 11.7 Å². The summed E-state index contributed by atoms with van der Waals surface area (Å²) in [4.78, 5) is 50.4. The van der Waals surface area contributed by atoms with Crippen molar-refractivity contribution >= 4 is 72.1 Å². The average Bonchev–Trinajstić information content (AvgIpc) is 4.21. The number of aliphatic hydroxyl groups excluding tert-OH is 1. The molecule has 16 nitrogen and oxygen atoms in total. The Hall–Kier alpha value is -8.06. The summed E-state index contributed by atoms with van der Waals surface area (Å²) in [5.41, 5.74) is 7.26. The number of benzene rings is 6. The third-order valence-electron chi connectivity index (χ3n) is 12.5.